The van der Waals surface area contributed by atoms with Crippen LogP contribution in [-0.4, -0.2) is 25.6 Å². The summed E-state index contributed by atoms with van der Waals surface area (Å²) in [6.07, 6.45) is 0. The van der Waals surface area contributed by atoms with E-state index in [4.69, 9.17) is 0 Å². The summed E-state index contributed by atoms with van der Waals surface area (Å²) in [5.41, 5.74) is 3.69. The van der Waals surface area contributed by atoms with Crippen LogP contribution in [0.5, 0.6) is 0 Å². The quantitative estimate of drug-likeness (QED) is 0.817. The SMILES string of the molecule is CCNCc1c(C)cc(C)nc1N(C)C. The molecule has 15 heavy (non-hydrogen) atoms. The first kappa shape index (κ1) is 12.0. The minimum absolute atomic E-state index is 0.892. The Bertz CT molecular complexity index is 332. The van der Waals surface area contributed by atoms with Gasteiger partial charge in [0.2, 0.25) is 0 Å². The van der Waals surface area contributed by atoms with Crippen molar-refractivity contribution >= 4 is 5.82 Å². The highest BCUT2D eigenvalue weighted by Crippen LogP contribution is 2.20. The molecule has 1 aromatic rings. The minimum atomic E-state index is 0.892. The van der Waals surface area contributed by atoms with E-state index < -0.39 is 0 Å². The third-order valence-electron chi connectivity index (χ3n) is 2.43. The highest BCUT2D eigenvalue weighted by molar-refractivity contribution is 5.50. The molecule has 0 bridgehead atoms. The van der Waals surface area contributed by atoms with E-state index in [2.05, 4.69) is 35.1 Å². The van der Waals surface area contributed by atoms with Gasteiger partial charge in [0, 0.05) is 31.9 Å². The van der Waals surface area contributed by atoms with Crippen molar-refractivity contribution < 1.29 is 0 Å². The summed E-state index contributed by atoms with van der Waals surface area (Å²) in [6.45, 7) is 8.18. The Morgan fingerprint density at radius 3 is 2.53 bits per heavy atom. The fourth-order valence-corrected chi connectivity index (χ4v) is 1.68. The molecule has 0 radical (unpaired) electrons. The first-order valence-electron chi connectivity index (χ1n) is 5.41. The van der Waals surface area contributed by atoms with Crippen LogP contribution in [0.3, 0.4) is 0 Å². The second kappa shape index (κ2) is 5.12. The van der Waals surface area contributed by atoms with Crippen molar-refractivity contribution in [1.29, 1.82) is 0 Å². The smallest absolute Gasteiger partial charge is 0.133 e. The van der Waals surface area contributed by atoms with Crippen LogP contribution in [0.4, 0.5) is 5.82 Å². The molecular formula is C12H21N3. The first-order chi connectivity index (χ1) is 7.06. The summed E-state index contributed by atoms with van der Waals surface area (Å²) in [4.78, 5) is 6.65. The van der Waals surface area contributed by atoms with E-state index in [1.165, 1.54) is 11.1 Å². The number of pyridine rings is 1. The van der Waals surface area contributed by atoms with Gasteiger partial charge >= 0.3 is 0 Å². The lowest BCUT2D eigenvalue weighted by Gasteiger charge is -2.19. The Labute approximate surface area is 92.5 Å². The molecule has 0 amide bonds. The van der Waals surface area contributed by atoms with Crippen LogP contribution in [0.15, 0.2) is 6.07 Å². The van der Waals surface area contributed by atoms with Crippen molar-refractivity contribution in [3.8, 4) is 0 Å². The van der Waals surface area contributed by atoms with Crippen LogP contribution in [-0.2, 0) is 6.54 Å². The summed E-state index contributed by atoms with van der Waals surface area (Å²) >= 11 is 0. The Balaban J connectivity index is 3.09. The zero-order chi connectivity index (χ0) is 11.4. The van der Waals surface area contributed by atoms with Crippen LogP contribution in [0, 0.1) is 13.8 Å². The summed E-state index contributed by atoms with van der Waals surface area (Å²) in [6, 6.07) is 2.14. The van der Waals surface area contributed by atoms with Crippen LogP contribution in [0.1, 0.15) is 23.7 Å². The van der Waals surface area contributed by atoms with Gasteiger partial charge in [0.05, 0.1) is 0 Å². The van der Waals surface area contributed by atoms with E-state index in [0.717, 1.165) is 24.6 Å². The van der Waals surface area contributed by atoms with Gasteiger partial charge in [-0.05, 0) is 32.0 Å². The first-order valence-corrected chi connectivity index (χ1v) is 5.41. The van der Waals surface area contributed by atoms with E-state index in [0.29, 0.717) is 0 Å². The average molecular weight is 207 g/mol. The standard InChI is InChI=1S/C12H21N3/c1-6-13-8-11-9(2)7-10(3)14-12(11)15(4)5/h7,13H,6,8H2,1-5H3. The topological polar surface area (TPSA) is 28.2 Å². The van der Waals surface area contributed by atoms with Gasteiger partial charge in [0.1, 0.15) is 5.82 Å². The van der Waals surface area contributed by atoms with Gasteiger partial charge < -0.3 is 10.2 Å². The van der Waals surface area contributed by atoms with E-state index in [9.17, 15) is 0 Å². The van der Waals surface area contributed by atoms with Crippen molar-refractivity contribution in [1.82, 2.24) is 10.3 Å². The van der Waals surface area contributed by atoms with Crippen molar-refractivity contribution in [3.63, 3.8) is 0 Å². The Morgan fingerprint density at radius 2 is 2.00 bits per heavy atom. The lowest BCUT2D eigenvalue weighted by molar-refractivity contribution is 0.718. The third-order valence-corrected chi connectivity index (χ3v) is 2.43. The fourth-order valence-electron chi connectivity index (χ4n) is 1.68. The van der Waals surface area contributed by atoms with Crippen LogP contribution < -0.4 is 10.2 Å². The van der Waals surface area contributed by atoms with Gasteiger partial charge in [-0.25, -0.2) is 4.98 Å². The van der Waals surface area contributed by atoms with Crippen molar-refractivity contribution in [2.24, 2.45) is 0 Å². The van der Waals surface area contributed by atoms with Crippen molar-refractivity contribution in [2.45, 2.75) is 27.3 Å². The molecule has 84 valence electrons. The molecule has 0 aromatic carbocycles. The summed E-state index contributed by atoms with van der Waals surface area (Å²) < 4.78 is 0. The molecule has 0 aliphatic carbocycles. The number of nitrogens with zero attached hydrogens (tertiary/aromatic N) is 2. The van der Waals surface area contributed by atoms with Gasteiger partial charge in [-0.15, -0.1) is 0 Å². The van der Waals surface area contributed by atoms with Gasteiger partial charge in [0.15, 0.2) is 0 Å². The molecule has 0 aliphatic heterocycles. The molecule has 0 saturated heterocycles. The molecule has 1 aromatic heterocycles. The number of nitrogens with one attached hydrogen (secondary N) is 1. The number of rotatable bonds is 4. The zero-order valence-electron chi connectivity index (χ0n) is 10.4. The molecule has 1 rings (SSSR count). The molecule has 0 fully saturated rings. The molecule has 0 spiro atoms. The monoisotopic (exact) mass is 207 g/mol. The Kier molecular flexibility index (Phi) is 4.09. The van der Waals surface area contributed by atoms with Crippen LogP contribution in [0.25, 0.3) is 0 Å². The number of aromatic nitrogens is 1. The van der Waals surface area contributed by atoms with Gasteiger partial charge in [-0.1, -0.05) is 6.92 Å². The molecule has 0 atom stereocenters. The highest BCUT2D eigenvalue weighted by atomic mass is 15.1. The molecule has 3 nitrogen and oxygen atoms in total. The van der Waals surface area contributed by atoms with Gasteiger partial charge in [0.25, 0.3) is 0 Å². The number of hydrogen-bond acceptors (Lipinski definition) is 3. The number of anilines is 1. The van der Waals surface area contributed by atoms with Crippen LogP contribution >= 0.6 is 0 Å². The number of hydrogen-bond donors (Lipinski definition) is 1. The van der Waals surface area contributed by atoms with Crippen molar-refractivity contribution in [2.75, 3.05) is 25.5 Å². The Morgan fingerprint density at radius 1 is 1.33 bits per heavy atom. The fraction of sp³-hybridized carbons (Fsp3) is 0.583. The highest BCUT2D eigenvalue weighted by Gasteiger charge is 2.09. The molecule has 0 aliphatic rings. The number of aryl methyl sites for hydroxylation is 2. The lowest BCUT2D eigenvalue weighted by atomic mass is 10.1. The van der Waals surface area contributed by atoms with Crippen LogP contribution in [0.2, 0.25) is 0 Å². The molecule has 1 heterocycles. The van der Waals surface area contributed by atoms with E-state index in [1.54, 1.807) is 0 Å². The molecule has 0 saturated carbocycles. The second-order valence-electron chi connectivity index (χ2n) is 4.06. The Hall–Kier alpha value is -1.09. The van der Waals surface area contributed by atoms with E-state index in [1.807, 2.05) is 21.0 Å². The normalized spacial score (nSPS) is 10.5. The lowest BCUT2D eigenvalue weighted by Crippen LogP contribution is -2.19. The van der Waals surface area contributed by atoms with E-state index in [-0.39, 0.29) is 0 Å². The predicted molar refractivity (Wildman–Crippen MR) is 65.4 cm³/mol. The van der Waals surface area contributed by atoms with Gasteiger partial charge in [-0.3, -0.25) is 0 Å². The minimum Gasteiger partial charge on any atom is -0.362 e. The zero-order valence-corrected chi connectivity index (χ0v) is 10.4. The largest absolute Gasteiger partial charge is 0.362 e. The van der Waals surface area contributed by atoms with E-state index >= 15 is 0 Å². The summed E-state index contributed by atoms with van der Waals surface area (Å²) in [5.74, 6) is 1.08. The summed E-state index contributed by atoms with van der Waals surface area (Å²) in [7, 11) is 4.08. The molecule has 1 N–H and O–H groups in total. The van der Waals surface area contributed by atoms with Gasteiger partial charge in [-0.2, -0.15) is 0 Å². The summed E-state index contributed by atoms with van der Waals surface area (Å²) in [5, 5.41) is 3.35. The molecule has 3 heteroatoms. The second-order valence-corrected chi connectivity index (χ2v) is 4.06. The third kappa shape index (κ3) is 2.93. The maximum Gasteiger partial charge on any atom is 0.133 e. The average Bonchev–Trinajstić information content (AvgIpc) is 2.15. The predicted octanol–water partition coefficient (Wildman–Crippen LogP) is 1.87. The maximum absolute atomic E-state index is 4.57. The van der Waals surface area contributed by atoms with Crippen molar-refractivity contribution in [3.05, 3.63) is 22.9 Å². The maximum atomic E-state index is 4.57. The molecular weight excluding hydrogens is 186 g/mol. The molecule has 0 unspecified atom stereocenters.